The van der Waals surface area contributed by atoms with Gasteiger partial charge in [-0.25, -0.2) is 0 Å². The molecule has 2 rings (SSSR count). The molecule has 1 aromatic rings. The van der Waals surface area contributed by atoms with E-state index in [0.717, 1.165) is 0 Å². The van der Waals surface area contributed by atoms with Gasteiger partial charge in [-0.1, -0.05) is 0 Å². The lowest BCUT2D eigenvalue weighted by molar-refractivity contribution is -0.117. The number of carbonyl (C=O) groups excluding carboxylic acids is 1. The molecule has 1 saturated heterocycles. The summed E-state index contributed by atoms with van der Waals surface area (Å²) >= 11 is 0. The molecule has 98 valence electrons. The molecule has 2 heterocycles. The number of nitrogens with zero attached hydrogens (tertiary/aromatic N) is 1. The van der Waals surface area contributed by atoms with E-state index in [1.54, 1.807) is 12.3 Å². The Morgan fingerprint density at radius 1 is 1.61 bits per heavy atom. The predicted molar refractivity (Wildman–Crippen MR) is 67.4 cm³/mol. The van der Waals surface area contributed by atoms with Crippen molar-refractivity contribution in [1.82, 2.24) is 9.88 Å². The summed E-state index contributed by atoms with van der Waals surface area (Å²) in [7, 11) is 0. The SMILES string of the molecule is CCn1cc(NC(=O)C2CC(O)CN2)ccc1=O. The number of pyridine rings is 1. The Labute approximate surface area is 105 Å². The van der Waals surface area contributed by atoms with Gasteiger partial charge in [-0.2, -0.15) is 0 Å². The molecular formula is C12H17N3O3. The van der Waals surface area contributed by atoms with Gasteiger partial charge >= 0.3 is 0 Å². The van der Waals surface area contributed by atoms with Crippen molar-refractivity contribution >= 4 is 11.6 Å². The Kier molecular flexibility index (Phi) is 3.78. The van der Waals surface area contributed by atoms with E-state index >= 15 is 0 Å². The number of β-amino-alcohol motifs (C(OH)–C–C–N with tert-alkyl or cyclic N) is 1. The maximum absolute atomic E-state index is 11.9. The van der Waals surface area contributed by atoms with Crippen LogP contribution in [0.3, 0.4) is 0 Å². The fourth-order valence-corrected chi connectivity index (χ4v) is 2.00. The topological polar surface area (TPSA) is 83.4 Å². The number of amides is 1. The van der Waals surface area contributed by atoms with Crippen molar-refractivity contribution in [2.45, 2.75) is 32.0 Å². The fraction of sp³-hybridized carbons (Fsp3) is 0.500. The first-order valence-corrected chi connectivity index (χ1v) is 6.03. The summed E-state index contributed by atoms with van der Waals surface area (Å²) in [6, 6.07) is 2.63. The van der Waals surface area contributed by atoms with Crippen LogP contribution in [0, 0.1) is 0 Å². The fourth-order valence-electron chi connectivity index (χ4n) is 2.00. The molecular weight excluding hydrogens is 234 g/mol. The molecule has 0 aromatic carbocycles. The van der Waals surface area contributed by atoms with Gasteiger partial charge in [-0.3, -0.25) is 9.59 Å². The number of aromatic nitrogens is 1. The zero-order valence-corrected chi connectivity index (χ0v) is 10.2. The van der Waals surface area contributed by atoms with E-state index in [0.29, 0.717) is 25.2 Å². The quantitative estimate of drug-likeness (QED) is 0.678. The molecule has 1 fully saturated rings. The minimum atomic E-state index is -0.467. The van der Waals surface area contributed by atoms with Crippen LogP contribution in [-0.4, -0.2) is 34.3 Å². The number of carbonyl (C=O) groups is 1. The van der Waals surface area contributed by atoms with Crippen LogP contribution >= 0.6 is 0 Å². The van der Waals surface area contributed by atoms with E-state index in [9.17, 15) is 14.7 Å². The molecule has 1 aromatic heterocycles. The zero-order valence-electron chi connectivity index (χ0n) is 10.2. The molecule has 1 aliphatic heterocycles. The van der Waals surface area contributed by atoms with Gasteiger partial charge in [0.15, 0.2) is 0 Å². The zero-order chi connectivity index (χ0) is 13.1. The first kappa shape index (κ1) is 12.8. The van der Waals surface area contributed by atoms with Crippen molar-refractivity contribution in [2.24, 2.45) is 0 Å². The standard InChI is InChI=1S/C12H17N3O3/c1-2-15-7-8(3-4-11(15)17)14-12(18)10-5-9(16)6-13-10/h3-4,7,9-10,13,16H,2,5-6H2,1H3,(H,14,18). The van der Waals surface area contributed by atoms with Crippen LogP contribution in [0.4, 0.5) is 5.69 Å². The highest BCUT2D eigenvalue weighted by atomic mass is 16.3. The van der Waals surface area contributed by atoms with Crippen LogP contribution in [0.1, 0.15) is 13.3 Å². The Morgan fingerprint density at radius 2 is 2.39 bits per heavy atom. The molecule has 0 spiro atoms. The highest BCUT2D eigenvalue weighted by molar-refractivity contribution is 5.94. The summed E-state index contributed by atoms with van der Waals surface area (Å²) in [6.07, 6.45) is 1.57. The molecule has 2 unspecified atom stereocenters. The minimum absolute atomic E-state index is 0.0927. The third-order valence-electron chi connectivity index (χ3n) is 3.02. The van der Waals surface area contributed by atoms with E-state index in [1.807, 2.05) is 6.92 Å². The van der Waals surface area contributed by atoms with Crippen LogP contribution in [0.5, 0.6) is 0 Å². The van der Waals surface area contributed by atoms with Crippen LogP contribution in [0.2, 0.25) is 0 Å². The molecule has 1 aliphatic rings. The molecule has 0 saturated carbocycles. The summed E-state index contributed by atoms with van der Waals surface area (Å²) in [5.74, 6) is -0.187. The number of aryl methyl sites for hydroxylation is 1. The number of anilines is 1. The first-order chi connectivity index (χ1) is 8.60. The third-order valence-corrected chi connectivity index (χ3v) is 3.02. The average Bonchev–Trinajstić information content (AvgIpc) is 2.78. The molecule has 6 heteroatoms. The minimum Gasteiger partial charge on any atom is -0.392 e. The van der Waals surface area contributed by atoms with Gasteiger partial charge in [0, 0.05) is 25.4 Å². The molecule has 3 N–H and O–H groups in total. The summed E-state index contributed by atoms with van der Waals surface area (Å²) in [4.78, 5) is 23.3. The molecule has 18 heavy (non-hydrogen) atoms. The number of hydrogen-bond acceptors (Lipinski definition) is 4. The van der Waals surface area contributed by atoms with E-state index in [2.05, 4.69) is 10.6 Å². The highest BCUT2D eigenvalue weighted by Gasteiger charge is 2.27. The highest BCUT2D eigenvalue weighted by Crippen LogP contribution is 2.10. The van der Waals surface area contributed by atoms with Gasteiger partial charge < -0.3 is 20.3 Å². The van der Waals surface area contributed by atoms with E-state index < -0.39 is 6.10 Å². The summed E-state index contributed by atoms with van der Waals surface area (Å²) < 4.78 is 1.52. The van der Waals surface area contributed by atoms with Crippen molar-refractivity contribution in [2.75, 3.05) is 11.9 Å². The lowest BCUT2D eigenvalue weighted by Crippen LogP contribution is -2.35. The Morgan fingerprint density at radius 3 is 3.00 bits per heavy atom. The van der Waals surface area contributed by atoms with Crippen LogP contribution in [-0.2, 0) is 11.3 Å². The number of aliphatic hydroxyl groups is 1. The van der Waals surface area contributed by atoms with Crippen molar-refractivity contribution < 1.29 is 9.90 Å². The maximum atomic E-state index is 11.9. The van der Waals surface area contributed by atoms with Crippen LogP contribution < -0.4 is 16.2 Å². The van der Waals surface area contributed by atoms with E-state index in [1.165, 1.54) is 10.6 Å². The molecule has 6 nitrogen and oxygen atoms in total. The van der Waals surface area contributed by atoms with Gasteiger partial charge in [0.25, 0.3) is 5.56 Å². The van der Waals surface area contributed by atoms with Gasteiger partial charge in [0.1, 0.15) is 0 Å². The maximum Gasteiger partial charge on any atom is 0.250 e. The van der Waals surface area contributed by atoms with Gasteiger partial charge in [0.05, 0.1) is 17.8 Å². The number of nitrogens with one attached hydrogen (secondary N) is 2. The summed E-state index contributed by atoms with van der Waals surface area (Å²) in [5, 5.41) is 15.0. The number of hydrogen-bond donors (Lipinski definition) is 3. The first-order valence-electron chi connectivity index (χ1n) is 6.03. The second-order valence-electron chi connectivity index (χ2n) is 4.38. The largest absolute Gasteiger partial charge is 0.392 e. The molecule has 0 bridgehead atoms. The van der Waals surface area contributed by atoms with Crippen molar-refractivity contribution in [3.05, 3.63) is 28.7 Å². The van der Waals surface area contributed by atoms with E-state index in [-0.39, 0.29) is 17.5 Å². The lowest BCUT2D eigenvalue weighted by atomic mass is 10.2. The van der Waals surface area contributed by atoms with Crippen molar-refractivity contribution in [3.8, 4) is 0 Å². The monoisotopic (exact) mass is 251 g/mol. The van der Waals surface area contributed by atoms with Gasteiger partial charge in [-0.05, 0) is 19.4 Å². The predicted octanol–water partition coefficient (Wildman–Crippen LogP) is -0.471. The Bertz CT molecular complexity index is 498. The molecule has 2 atom stereocenters. The molecule has 0 radical (unpaired) electrons. The van der Waals surface area contributed by atoms with Gasteiger partial charge in [0.2, 0.25) is 5.91 Å². The van der Waals surface area contributed by atoms with Gasteiger partial charge in [-0.15, -0.1) is 0 Å². The smallest absolute Gasteiger partial charge is 0.250 e. The van der Waals surface area contributed by atoms with E-state index in [4.69, 9.17) is 0 Å². The number of rotatable bonds is 3. The number of aliphatic hydroxyl groups excluding tert-OH is 1. The molecule has 1 amide bonds. The van der Waals surface area contributed by atoms with Crippen LogP contribution in [0.25, 0.3) is 0 Å². The normalized spacial score (nSPS) is 23.0. The lowest BCUT2D eigenvalue weighted by Gasteiger charge is -2.12. The third kappa shape index (κ3) is 2.77. The summed E-state index contributed by atoms with van der Waals surface area (Å²) in [6.45, 7) is 2.86. The molecule has 0 aliphatic carbocycles. The van der Waals surface area contributed by atoms with Crippen molar-refractivity contribution in [3.63, 3.8) is 0 Å². The second kappa shape index (κ2) is 5.32. The Hall–Kier alpha value is -1.66. The summed E-state index contributed by atoms with van der Waals surface area (Å²) in [5.41, 5.74) is 0.495. The Balaban J connectivity index is 2.05. The average molecular weight is 251 g/mol. The van der Waals surface area contributed by atoms with Crippen molar-refractivity contribution in [1.29, 1.82) is 0 Å². The van der Waals surface area contributed by atoms with Crippen LogP contribution in [0.15, 0.2) is 23.1 Å². The second-order valence-corrected chi connectivity index (χ2v) is 4.38.